The summed E-state index contributed by atoms with van der Waals surface area (Å²) >= 11 is 5.81. The van der Waals surface area contributed by atoms with Crippen molar-refractivity contribution in [3.8, 4) is 5.75 Å². The van der Waals surface area contributed by atoms with E-state index in [0.29, 0.717) is 37.4 Å². The summed E-state index contributed by atoms with van der Waals surface area (Å²) in [5, 5.41) is 12.8. The Balaban J connectivity index is 1.55. The summed E-state index contributed by atoms with van der Waals surface area (Å²) in [5.74, 6) is 0.758. The first-order valence-corrected chi connectivity index (χ1v) is 8.55. The van der Waals surface area contributed by atoms with Gasteiger partial charge in [0.1, 0.15) is 31.0 Å². The van der Waals surface area contributed by atoms with Crippen LogP contribution in [0.25, 0.3) is 0 Å². The Morgan fingerprint density at radius 2 is 1.75 bits per heavy atom. The van der Waals surface area contributed by atoms with Crippen LogP contribution < -0.4 is 10.1 Å². The minimum absolute atomic E-state index is 0.308. The van der Waals surface area contributed by atoms with Crippen molar-refractivity contribution in [1.82, 2.24) is 0 Å². The molecule has 0 aromatic heterocycles. The number of halogens is 1. The number of aliphatic hydroxyl groups excluding tert-OH is 1. The molecule has 4 nitrogen and oxygen atoms in total. The van der Waals surface area contributed by atoms with Crippen LogP contribution in [-0.4, -0.2) is 37.6 Å². The van der Waals surface area contributed by atoms with E-state index >= 15 is 0 Å². The van der Waals surface area contributed by atoms with Crippen LogP contribution >= 0.6 is 11.6 Å². The molecule has 0 bridgehead atoms. The predicted octanol–water partition coefficient (Wildman–Crippen LogP) is 2.42. The molecule has 3 N–H and O–H groups in total. The molecule has 0 amide bonds. The van der Waals surface area contributed by atoms with Gasteiger partial charge in [-0.15, -0.1) is 0 Å². The van der Waals surface area contributed by atoms with Gasteiger partial charge in [0, 0.05) is 10.6 Å². The molecule has 130 valence electrons. The van der Waals surface area contributed by atoms with Crippen LogP contribution in [0.4, 0.5) is 0 Å². The zero-order valence-corrected chi connectivity index (χ0v) is 14.7. The maximum Gasteiger partial charge on any atom is 0.126 e. The highest BCUT2D eigenvalue weighted by Gasteiger charge is 2.12. The van der Waals surface area contributed by atoms with Gasteiger partial charge in [0.05, 0.1) is 13.2 Å². The largest absolute Gasteiger partial charge is 0.491 e. The van der Waals surface area contributed by atoms with Crippen molar-refractivity contribution in [2.75, 3.05) is 26.4 Å². The van der Waals surface area contributed by atoms with E-state index in [-0.39, 0.29) is 0 Å². The number of benzene rings is 2. The molecule has 0 spiro atoms. The van der Waals surface area contributed by atoms with Crippen molar-refractivity contribution < 1.29 is 19.9 Å². The highest BCUT2D eigenvalue weighted by molar-refractivity contribution is 6.30. The van der Waals surface area contributed by atoms with E-state index in [0.717, 1.165) is 5.75 Å². The average molecular weight is 351 g/mol. The molecule has 0 heterocycles. The van der Waals surface area contributed by atoms with Gasteiger partial charge < -0.3 is 19.9 Å². The normalized spacial score (nSPS) is 13.5. The molecule has 0 aliphatic heterocycles. The molecule has 0 aliphatic rings. The van der Waals surface area contributed by atoms with Gasteiger partial charge in [0.25, 0.3) is 0 Å². The van der Waals surface area contributed by atoms with Gasteiger partial charge in [-0.25, -0.2) is 0 Å². The minimum atomic E-state index is -0.494. The molecule has 0 unspecified atom stereocenters. The highest BCUT2D eigenvalue weighted by atomic mass is 35.5. The maximum absolute atomic E-state index is 9.98. The topological polar surface area (TPSA) is 55.3 Å². The third kappa shape index (κ3) is 6.89. The number of nitrogens with two attached hydrogens (primary N) is 1. The summed E-state index contributed by atoms with van der Waals surface area (Å²) in [4.78, 5) is 0. The molecule has 0 saturated carbocycles. The fourth-order valence-electron chi connectivity index (χ4n) is 2.29. The summed E-state index contributed by atoms with van der Waals surface area (Å²) < 4.78 is 11.0. The first-order chi connectivity index (χ1) is 11.6. The van der Waals surface area contributed by atoms with Crippen molar-refractivity contribution in [1.29, 1.82) is 0 Å². The fraction of sp³-hybridized carbons (Fsp3) is 0.368. The lowest BCUT2D eigenvalue weighted by molar-refractivity contribution is -0.698. The van der Waals surface area contributed by atoms with Crippen molar-refractivity contribution in [2.45, 2.75) is 19.1 Å². The van der Waals surface area contributed by atoms with Crippen LogP contribution in [0.1, 0.15) is 18.5 Å². The monoisotopic (exact) mass is 350 g/mol. The Labute approximate surface area is 148 Å². The van der Waals surface area contributed by atoms with E-state index in [9.17, 15) is 5.11 Å². The van der Waals surface area contributed by atoms with E-state index < -0.39 is 6.10 Å². The molecule has 2 atom stereocenters. The lowest BCUT2D eigenvalue weighted by Gasteiger charge is -2.15. The summed E-state index contributed by atoms with van der Waals surface area (Å²) in [7, 11) is 0. The van der Waals surface area contributed by atoms with Crippen LogP contribution in [0, 0.1) is 0 Å². The van der Waals surface area contributed by atoms with Gasteiger partial charge in [-0.1, -0.05) is 41.9 Å². The first-order valence-electron chi connectivity index (χ1n) is 8.17. The molecule has 0 fully saturated rings. The van der Waals surface area contributed by atoms with Crippen molar-refractivity contribution >= 4 is 11.6 Å². The van der Waals surface area contributed by atoms with Crippen molar-refractivity contribution in [3.05, 3.63) is 65.2 Å². The van der Waals surface area contributed by atoms with Gasteiger partial charge in [0.2, 0.25) is 0 Å². The quantitative estimate of drug-likeness (QED) is 0.647. The number of hydrogen-bond acceptors (Lipinski definition) is 3. The van der Waals surface area contributed by atoms with E-state index in [1.807, 2.05) is 30.3 Å². The number of quaternary nitrogens is 1. The van der Waals surface area contributed by atoms with E-state index in [1.165, 1.54) is 5.56 Å². The molecular formula is C19H25ClNO3+. The van der Waals surface area contributed by atoms with E-state index in [2.05, 4.69) is 24.4 Å². The van der Waals surface area contributed by atoms with Gasteiger partial charge >= 0.3 is 0 Å². The molecule has 2 aromatic carbocycles. The van der Waals surface area contributed by atoms with Crippen LogP contribution in [0.3, 0.4) is 0 Å². The van der Waals surface area contributed by atoms with Crippen LogP contribution in [0.5, 0.6) is 5.75 Å². The molecule has 0 saturated heterocycles. The van der Waals surface area contributed by atoms with Gasteiger partial charge in [0.15, 0.2) is 0 Å². The minimum Gasteiger partial charge on any atom is -0.491 e. The first kappa shape index (κ1) is 18.7. The van der Waals surface area contributed by atoms with Gasteiger partial charge in [-0.05, 0) is 31.2 Å². The van der Waals surface area contributed by atoms with Gasteiger partial charge in [-0.3, -0.25) is 0 Å². The summed E-state index contributed by atoms with van der Waals surface area (Å²) in [5.41, 5.74) is 1.25. The zero-order chi connectivity index (χ0) is 17.2. The number of hydrogen-bond donors (Lipinski definition) is 2. The summed E-state index contributed by atoms with van der Waals surface area (Å²) in [6, 6.07) is 17.8. The Morgan fingerprint density at radius 3 is 2.46 bits per heavy atom. The lowest BCUT2D eigenvalue weighted by Crippen LogP contribution is -2.87. The number of ether oxygens (including phenoxy) is 2. The highest BCUT2D eigenvalue weighted by Crippen LogP contribution is 2.15. The molecule has 2 aromatic rings. The molecule has 5 heteroatoms. The Bertz CT molecular complexity index is 577. The number of rotatable bonds is 10. The van der Waals surface area contributed by atoms with Crippen molar-refractivity contribution in [3.63, 3.8) is 0 Å². The van der Waals surface area contributed by atoms with Crippen LogP contribution in [-0.2, 0) is 4.74 Å². The van der Waals surface area contributed by atoms with Crippen LogP contribution in [0.15, 0.2) is 54.6 Å². The molecule has 24 heavy (non-hydrogen) atoms. The third-order valence-corrected chi connectivity index (χ3v) is 3.96. The van der Waals surface area contributed by atoms with Crippen LogP contribution in [0.2, 0.25) is 5.02 Å². The Kier molecular flexibility index (Phi) is 8.05. The SMILES string of the molecule is C[C@H]([NH2+]C[C@H](O)COCCOc1ccc(Cl)cc1)c1ccccc1. The second kappa shape index (κ2) is 10.3. The average Bonchev–Trinajstić information content (AvgIpc) is 2.61. The molecular weight excluding hydrogens is 326 g/mol. The zero-order valence-electron chi connectivity index (χ0n) is 13.9. The summed E-state index contributed by atoms with van der Waals surface area (Å²) in [6.45, 7) is 3.92. The smallest absolute Gasteiger partial charge is 0.126 e. The second-order valence-corrected chi connectivity index (χ2v) is 6.14. The Hall–Kier alpha value is -1.59. The Morgan fingerprint density at radius 1 is 1.04 bits per heavy atom. The van der Waals surface area contributed by atoms with Crippen molar-refractivity contribution in [2.24, 2.45) is 0 Å². The molecule has 0 aliphatic carbocycles. The molecule has 2 rings (SSSR count). The lowest BCUT2D eigenvalue weighted by atomic mass is 10.1. The van der Waals surface area contributed by atoms with Gasteiger partial charge in [-0.2, -0.15) is 0 Å². The molecule has 0 radical (unpaired) electrons. The number of aliphatic hydroxyl groups is 1. The predicted molar refractivity (Wildman–Crippen MR) is 95.4 cm³/mol. The third-order valence-electron chi connectivity index (χ3n) is 3.71. The maximum atomic E-state index is 9.98. The second-order valence-electron chi connectivity index (χ2n) is 5.70. The van der Waals surface area contributed by atoms with E-state index in [1.54, 1.807) is 12.1 Å². The summed E-state index contributed by atoms with van der Waals surface area (Å²) in [6.07, 6.45) is -0.494. The fourth-order valence-corrected chi connectivity index (χ4v) is 2.42. The van der Waals surface area contributed by atoms with E-state index in [4.69, 9.17) is 21.1 Å². The standard InChI is InChI=1S/C19H24ClNO3/c1-15(16-5-3-2-4-6-16)21-13-18(22)14-23-11-12-24-19-9-7-17(20)8-10-19/h2-10,15,18,21-22H,11-14H2,1H3/p+1/t15-,18-/m0/s1.